The number of alkyl halides is 3. The predicted octanol–water partition coefficient (Wildman–Crippen LogP) is 3.70. The fraction of sp³-hybridized carbons (Fsp3) is 1.00. The van der Waals surface area contributed by atoms with Gasteiger partial charge in [-0.1, -0.05) is 13.8 Å². The van der Waals surface area contributed by atoms with Crippen LogP contribution in [0, 0.1) is 5.92 Å². The lowest BCUT2D eigenvalue weighted by molar-refractivity contribution is -0.188. The van der Waals surface area contributed by atoms with E-state index in [0.717, 1.165) is 6.54 Å². The quantitative estimate of drug-likeness (QED) is 0.657. The van der Waals surface area contributed by atoms with E-state index in [2.05, 4.69) is 0 Å². The van der Waals surface area contributed by atoms with Crippen LogP contribution < -0.4 is 0 Å². The average molecular weight is 225 g/mol. The van der Waals surface area contributed by atoms with E-state index in [1.165, 1.54) is 0 Å². The van der Waals surface area contributed by atoms with Crippen LogP contribution in [0.3, 0.4) is 0 Å². The van der Waals surface area contributed by atoms with Gasteiger partial charge in [0, 0.05) is 12.6 Å². The monoisotopic (exact) mass is 225 g/mol. The van der Waals surface area contributed by atoms with Crippen LogP contribution in [0.1, 0.15) is 40.5 Å². The number of likely N-dealkylation sites (tertiary alicyclic amines) is 1. The van der Waals surface area contributed by atoms with E-state index in [1.54, 1.807) is 0 Å². The van der Waals surface area contributed by atoms with E-state index in [4.69, 9.17) is 0 Å². The maximum atomic E-state index is 12.4. The summed E-state index contributed by atoms with van der Waals surface area (Å²) < 4.78 is 37.1. The molecular weight excluding hydrogens is 203 g/mol. The zero-order valence-electron chi connectivity index (χ0n) is 10.1. The molecule has 0 radical (unpaired) electrons. The number of hydrogen-bond donors (Lipinski definition) is 0. The molecule has 0 saturated carbocycles. The van der Waals surface area contributed by atoms with Gasteiger partial charge >= 0.3 is 6.18 Å². The van der Waals surface area contributed by atoms with Crippen molar-refractivity contribution in [2.45, 2.75) is 52.8 Å². The third-order valence-corrected chi connectivity index (χ3v) is 2.65. The molecule has 0 unspecified atom stereocenters. The van der Waals surface area contributed by atoms with Gasteiger partial charge in [0.05, 0.1) is 5.92 Å². The molecule has 15 heavy (non-hydrogen) atoms. The van der Waals surface area contributed by atoms with Gasteiger partial charge in [0.15, 0.2) is 0 Å². The van der Waals surface area contributed by atoms with Crippen molar-refractivity contribution in [2.24, 2.45) is 5.92 Å². The van der Waals surface area contributed by atoms with Crippen molar-refractivity contribution >= 4 is 0 Å². The molecule has 0 N–H and O–H groups in total. The minimum atomic E-state index is -4.01. The molecule has 1 fully saturated rings. The minimum Gasteiger partial charge on any atom is -0.300 e. The Bertz CT molecular complexity index is 166. The Hall–Kier alpha value is -0.250. The Balaban J connectivity index is 0.000000921. The lowest BCUT2D eigenvalue weighted by Crippen LogP contribution is -2.44. The second-order valence-corrected chi connectivity index (χ2v) is 3.97. The maximum absolute atomic E-state index is 12.4. The van der Waals surface area contributed by atoms with Crippen LogP contribution in [0.2, 0.25) is 0 Å². The van der Waals surface area contributed by atoms with E-state index in [9.17, 15) is 13.2 Å². The van der Waals surface area contributed by atoms with Gasteiger partial charge in [-0.3, -0.25) is 0 Å². The molecule has 1 rings (SSSR count). The van der Waals surface area contributed by atoms with Gasteiger partial charge in [0.25, 0.3) is 0 Å². The highest BCUT2D eigenvalue weighted by Crippen LogP contribution is 2.33. The number of rotatable bonds is 1. The second-order valence-electron chi connectivity index (χ2n) is 3.97. The van der Waals surface area contributed by atoms with Crippen LogP contribution in [-0.4, -0.2) is 30.2 Å². The van der Waals surface area contributed by atoms with E-state index in [0.29, 0.717) is 12.8 Å². The fourth-order valence-corrected chi connectivity index (χ4v) is 1.74. The van der Waals surface area contributed by atoms with Crippen LogP contribution >= 0.6 is 0 Å². The molecule has 0 aromatic carbocycles. The Kier molecular flexibility index (Phi) is 6.25. The first-order valence-corrected chi connectivity index (χ1v) is 5.72. The largest absolute Gasteiger partial charge is 0.393 e. The molecule has 0 aromatic heterocycles. The molecule has 0 aliphatic carbocycles. The normalized spacial score (nSPS) is 23.6. The van der Waals surface area contributed by atoms with Gasteiger partial charge in [-0.05, 0) is 33.2 Å². The van der Waals surface area contributed by atoms with Crippen molar-refractivity contribution in [3.63, 3.8) is 0 Å². The molecule has 1 aliphatic heterocycles. The van der Waals surface area contributed by atoms with Gasteiger partial charge in [0.2, 0.25) is 0 Å². The highest BCUT2D eigenvalue weighted by molar-refractivity contribution is 4.79. The van der Waals surface area contributed by atoms with Crippen molar-refractivity contribution < 1.29 is 13.2 Å². The molecule has 1 nitrogen and oxygen atoms in total. The maximum Gasteiger partial charge on any atom is 0.393 e. The Morgan fingerprint density at radius 2 is 1.73 bits per heavy atom. The molecule has 92 valence electrons. The van der Waals surface area contributed by atoms with E-state index < -0.39 is 12.1 Å². The molecule has 0 amide bonds. The van der Waals surface area contributed by atoms with Crippen molar-refractivity contribution in [1.82, 2.24) is 4.90 Å². The van der Waals surface area contributed by atoms with Crippen molar-refractivity contribution in [3.8, 4) is 0 Å². The number of piperidine rings is 1. The van der Waals surface area contributed by atoms with Gasteiger partial charge in [0.1, 0.15) is 0 Å². The van der Waals surface area contributed by atoms with Crippen molar-refractivity contribution in [3.05, 3.63) is 0 Å². The molecule has 1 heterocycles. The van der Waals surface area contributed by atoms with Gasteiger partial charge in [-0.25, -0.2) is 0 Å². The van der Waals surface area contributed by atoms with Gasteiger partial charge < -0.3 is 4.90 Å². The Morgan fingerprint density at radius 1 is 1.20 bits per heavy atom. The molecule has 4 heteroatoms. The first kappa shape index (κ1) is 14.8. The standard InChI is InChI=1S/C9H16F3N.C2H6/c1-7(2)13-5-3-4-8(6-13)9(10,11)12;1-2/h7-8H,3-6H2,1-2H3;1-2H3/t8-;/m1./s1. The van der Waals surface area contributed by atoms with Crippen LogP contribution in [0.4, 0.5) is 13.2 Å². The molecule has 0 bridgehead atoms. The van der Waals surface area contributed by atoms with Gasteiger partial charge in [-0.15, -0.1) is 0 Å². The highest BCUT2D eigenvalue weighted by Gasteiger charge is 2.41. The third-order valence-electron chi connectivity index (χ3n) is 2.65. The van der Waals surface area contributed by atoms with E-state index in [-0.39, 0.29) is 12.6 Å². The highest BCUT2D eigenvalue weighted by atomic mass is 19.4. The summed E-state index contributed by atoms with van der Waals surface area (Å²) in [7, 11) is 0. The molecule has 1 saturated heterocycles. The first-order valence-electron chi connectivity index (χ1n) is 5.72. The smallest absolute Gasteiger partial charge is 0.300 e. The summed E-state index contributed by atoms with van der Waals surface area (Å²) in [5.41, 5.74) is 0. The van der Waals surface area contributed by atoms with Crippen molar-refractivity contribution in [2.75, 3.05) is 13.1 Å². The van der Waals surface area contributed by atoms with Crippen LogP contribution in [0.5, 0.6) is 0 Å². The summed E-state index contributed by atoms with van der Waals surface area (Å²) in [4.78, 5) is 1.90. The minimum absolute atomic E-state index is 0.182. The number of halogens is 3. The second kappa shape index (κ2) is 6.36. The summed E-state index contributed by atoms with van der Waals surface area (Å²) in [5.74, 6) is -1.11. The lowest BCUT2D eigenvalue weighted by Gasteiger charge is -2.36. The van der Waals surface area contributed by atoms with Crippen LogP contribution in [0.25, 0.3) is 0 Å². The average Bonchev–Trinajstić information content (AvgIpc) is 2.20. The number of hydrogen-bond acceptors (Lipinski definition) is 1. The third kappa shape index (κ3) is 4.87. The summed E-state index contributed by atoms with van der Waals surface area (Å²) >= 11 is 0. The summed E-state index contributed by atoms with van der Waals surface area (Å²) in [6.45, 7) is 8.88. The molecule has 0 spiro atoms. The SMILES string of the molecule is CC.CC(C)N1CCC[C@@H](C(F)(F)F)C1. The van der Waals surface area contributed by atoms with Crippen molar-refractivity contribution in [1.29, 1.82) is 0 Å². The Morgan fingerprint density at radius 3 is 2.13 bits per heavy atom. The molecule has 1 aliphatic rings. The van der Waals surface area contributed by atoms with E-state index >= 15 is 0 Å². The van der Waals surface area contributed by atoms with Gasteiger partial charge in [-0.2, -0.15) is 13.2 Å². The van der Waals surface area contributed by atoms with E-state index in [1.807, 2.05) is 32.6 Å². The first-order chi connectivity index (χ1) is 6.91. The molecule has 1 atom stereocenters. The summed E-state index contributed by atoms with van der Waals surface area (Å²) in [6.07, 6.45) is -3.04. The zero-order chi connectivity index (χ0) is 12.1. The Labute approximate surface area is 90.6 Å². The molecular formula is C11H22F3N. The van der Waals surface area contributed by atoms with Crippen LogP contribution in [0.15, 0.2) is 0 Å². The topological polar surface area (TPSA) is 3.24 Å². The molecule has 0 aromatic rings. The van der Waals surface area contributed by atoms with Crippen LogP contribution in [-0.2, 0) is 0 Å². The lowest BCUT2D eigenvalue weighted by atomic mass is 9.96. The summed E-state index contributed by atoms with van der Waals surface area (Å²) in [5, 5.41) is 0. The predicted molar refractivity (Wildman–Crippen MR) is 56.8 cm³/mol. The number of nitrogens with zero attached hydrogens (tertiary/aromatic N) is 1. The zero-order valence-corrected chi connectivity index (χ0v) is 10.1. The summed E-state index contributed by atoms with van der Waals surface area (Å²) in [6, 6.07) is 0.227. The fourth-order valence-electron chi connectivity index (χ4n) is 1.74.